The number of para-hydroxylation sites is 1. The molecule has 2 aliphatic heterocycles. The van der Waals surface area contributed by atoms with Crippen molar-refractivity contribution in [3.05, 3.63) is 46.4 Å². The van der Waals surface area contributed by atoms with Gasteiger partial charge in [0.05, 0.1) is 23.4 Å². The first-order chi connectivity index (χ1) is 12.7. The van der Waals surface area contributed by atoms with E-state index in [0.29, 0.717) is 6.54 Å². The number of carbonyl (C=O) groups is 1. The molecule has 1 spiro atoms. The van der Waals surface area contributed by atoms with Crippen molar-refractivity contribution in [2.24, 2.45) is 0 Å². The molecule has 2 fully saturated rings. The molecule has 1 unspecified atom stereocenters. The molecule has 138 valence electrons. The molecular formula is C20H25N3O2S. The Hall–Kier alpha value is -1.76. The minimum Gasteiger partial charge on any atom is -0.363 e. The molecule has 2 aromatic rings. The van der Waals surface area contributed by atoms with E-state index >= 15 is 0 Å². The third-order valence-corrected chi connectivity index (χ3v) is 6.44. The normalized spacial score (nSPS) is 24.8. The fraction of sp³-hybridized carbons (Fsp3) is 0.500. The Labute approximate surface area is 158 Å². The molecular weight excluding hydrogens is 346 g/mol. The van der Waals surface area contributed by atoms with Gasteiger partial charge in [0.15, 0.2) is 0 Å². The van der Waals surface area contributed by atoms with E-state index < -0.39 is 0 Å². The summed E-state index contributed by atoms with van der Waals surface area (Å²) in [5.41, 5.74) is 3.82. The highest BCUT2D eigenvalue weighted by atomic mass is 32.1. The van der Waals surface area contributed by atoms with Crippen LogP contribution in [0.15, 0.2) is 35.8 Å². The molecule has 0 aliphatic carbocycles. The van der Waals surface area contributed by atoms with Crippen molar-refractivity contribution in [3.63, 3.8) is 0 Å². The van der Waals surface area contributed by atoms with Gasteiger partial charge in [-0.2, -0.15) is 0 Å². The maximum atomic E-state index is 12.4. The number of ether oxygens (including phenoxy) is 1. The number of rotatable bonds is 3. The van der Waals surface area contributed by atoms with Crippen molar-refractivity contribution in [1.29, 1.82) is 0 Å². The fourth-order valence-corrected chi connectivity index (χ4v) is 4.74. The second-order valence-corrected chi connectivity index (χ2v) is 8.22. The molecule has 1 aromatic carbocycles. The smallest absolute Gasteiger partial charge is 0.253 e. The summed E-state index contributed by atoms with van der Waals surface area (Å²) < 4.78 is 6.13. The molecule has 3 heterocycles. The third kappa shape index (κ3) is 3.68. The zero-order chi connectivity index (χ0) is 18.0. The van der Waals surface area contributed by atoms with Gasteiger partial charge in [0.25, 0.3) is 5.91 Å². The van der Waals surface area contributed by atoms with Crippen molar-refractivity contribution in [3.8, 4) is 0 Å². The number of hydrogen-bond acceptors (Lipinski definition) is 5. The Morgan fingerprint density at radius 1 is 1.23 bits per heavy atom. The number of carbonyl (C=O) groups excluding carboxylic acids is 1. The summed E-state index contributed by atoms with van der Waals surface area (Å²) in [4.78, 5) is 22.5. The van der Waals surface area contributed by atoms with Crippen molar-refractivity contribution in [1.82, 2.24) is 9.88 Å². The number of thiazole rings is 1. The van der Waals surface area contributed by atoms with E-state index in [-0.39, 0.29) is 18.1 Å². The number of morpholine rings is 1. The molecule has 26 heavy (non-hydrogen) atoms. The summed E-state index contributed by atoms with van der Waals surface area (Å²) >= 11 is 1.74. The van der Waals surface area contributed by atoms with Crippen molar-refractivity contribution < 1.29 is 9.53 Å². The zero-order valence-electron chi connectivity index (χ0n) is 15.2. The van der Waals surface area contributed by atoms with Crippen LogP contribution in [0.5, 0.6) is 0 Å². The van der Waals surface area contributed by atoms with E-state index in [2.05, 4.69) is 16.8 Å². The summed E-state index contributed by atoms with van der Waals surface area (Å²) in [5.74, 6) is 0.0585. The predicted molar refractivity (Wildman–Crippen MR) is 103 cm³/mol. The number of anilines is 1. The maximum absolute atomic E-state index is 12.4. The van der Waals surface area contributed by atoms with Crippen LogP contribution < -0.4 is 4.90 Å². The fourth-order valence-electron chi connectivity index (χ4n) is 3.92. The number of benzene rings is 1. The molecule has 1 aromatic heterocycles. The first-order valence-corrected chi connectivity index (χ1v) is 10.1. The van der Waals surface area contributed by atoms with E-state index in [1.54, 1.807) is 11.3 Å². The van der Waals surface area contributed by atoms with Crippen LogP contribution in [0.2, 0.25) is 0 Å². The SMILES string of the molecule is Cc1ncsc1CN1CCCC2(CC1)CN(c1ccccc1)C(=O)CO2. The molecule has 6 heteroatoms. The van der Waals surface area contributed by atoms with Gasteiger partial charge in [-0.1, -0.05) is 18.2 Å². The topological polar surface area (TPSA) is 45.7 Å². The third-order valence-electron chi connectivity index (χ3n) is 5.52. The van der Waals surface area contributed by atoms with Gasteiger partial charge in [0, 0.05) is 23.7 Å². The van der Waals surface area contributed by atoms with Crippen LogP contribution in [0.3, 0.4) is 0 Å². The lowest BCUT2D eigenvalue weighted by Gasteiger charge is -2.42. The van der Waals surface area contributed by atoms with Crippen molar-refractivity contribution >= 4 is 22.9 Å². The second kappa shape index (κ2) is 7.47. The molecule has 1 atom stereocenters. The summed E-state index contributed by atoms with van der Waals surface area (Å²) in [6.07, 6.45) is 3.05. The molecule has 0 N–H and O–H groups in total. The predicted octanol–water partition coefficient (Wildman–Crippen LogP) is 3.24. The minimum absolute atomic E-state index is 0.0585. The van der Waals surface area contributed by atoms with Crippen LogP contribution in [0.4, 0.5) is 5.69 Å². The van der Waals surface area contributed by atoms with Crippen LogP contribution >= 0.6 is 11.3 Å². The van der Waals surface area contributed by atoms with Crippen molar-refractivity contribution in [2.45, 2.75) is 38.3 Å². The van der Waals surface area contributed by atoms with Crippen molar-refractivity contribution in [2.75, 3.05) is 31.1 Å². The molecule has 5 nitrogen and oxygen atoms in total. The number of nitrogens with zero attached hydrogens (tertiary/aromatic N) is 3. The first-order valence-electron chi connectivity index (χ1n) is 9.26. The van der Waals surface area contributed by atoms with Gasteiger partial charge in [0.1, 0.15) is 6.61 Å². The van der Waals surface area contributed by atoms with Crippen LogP contribution in [-0.2, 0) is 16.1 Å². The second-order valence-electron chi connectivity index (χ2n) is 7.28. The minimum atomic E-state index is -0.221. The largest absolute Gasteiger partial charge is 0.363 e. The maximum Gasteiger partial charge on any atom is 0.253 e. The van der Waals surface area contributed by atoms with Gasteiger partial charge >= 0.3 is 0 Å². The van der Waals surface area contributed by atoms with Gasteiger partial charge in [-0.3, -0.25) is 9.69 Å². The van der Waals surface area contributed by atoms with Gasteiger partial charge in [-0.15, -0.1) is 11.3 Å². The number of likely N-dealkylation sites (tertiary alicyclic amines) is 1. The zero-order valence-corrected chi connectivity index (χ0v) is 16.0. The summed E-state index contributed by atoms with van der Waals surface area (Å²) in [5, 5.41) is 0. The average molecular weight is 372 g/mol. The lowest BCUT2D eigenvalue weighted by atomic mass is 9.92. The Kier molecular flexibility index (Phi) is 5.07. The van der Waals surface area contributed by atoms with Gasteiger partial charge in [0.2, 0.25) is 0 Å². The summed E-state index contributed by atoms with van der Waals surface area (Å²) in [6.45, 7) is 5.95. The summed E-state index contributed by atoms with van der Waals surface area (Å²) in [6, 6.07) is 9.96. The monoisotopic (exact) mass is 371 g/mol. The van der Waals surface area contributed by atoms with Crippen LogP contribution in [0.1, 0.15) is 29.8 Å². The number of aryl methyl sites for hydroxylation is 1. The number of hydrogen-bond donors (Lipinski definition) is 0. The van der Waals surface area contributed by atoms with Gasteiger partial charge in [-0.05, 0) is 44.9 Å². The van der Waals surface area contributed by atoms with Crippen LogP contribution in [-0.4, -0.2) is 47.6 Å². The standard InChI is InChI=1S/C20H25N3O2S/c1-16-18(26-15-21-16)12-22-10-5-8-20(9-11-22)14-23(19(24)13-25-20)17-6-3-2-4-7-17/h2-4,6-7,15H,5,8-14H2,1H3. The molecule has 4 rings (SSSR count). The lowest BCUT2D eigenvalue weighted by Crippen LogP contribution is -2.55. The first kappa shape index (κ1) is 17.6. The average Bonchev–Trinajstić information content (AvgIpc) is 2.96. The lowest BCUT2D eigenvalue weighted by molar-refractivity contribution is -0.140. The highest BCUT2D eigenvalue weighted by Gasteiger charge is 2.41. The molecule has 0 bridgehead atoms. The van der Waals surface area contributed by atoms with E-state index in [9.17, 15) is 4.79 Å². The van der Waals surface area contributed by atoms with E-state index in [1.807, 2.05) is 40.7 Å². The van der Waals surface area contributed by atoms with Gasteiger partial charge < -0.3 is 9.64 Å². The Bertz CT molecular complexity index is 763. The van der Waals surface area contributed by atoms with Crippen LogP contribution in [0, 0.1) is 6.92 Å². The highest BCUT2D eigenvalue weighted by molar-refractivity contribution is 7.09. The Balaban J connectivity index is 1.45. The van der Waals surface area contributed by atoms with Crippen LogP contribution in [0.25, 0.3) is 0 Å². The highest BCUT2D eigenvalue weighted by Crippen LogP contribution is 2.33. The number of aromatic nitrogens is 1. The van der Waals surface area contributed by atoms with E-state index in [1.165, 1.54) is 4.88 Å². The molecule has 2 aliphatic rings. The Morgan fingerprint density at radius 3 is 2.85 bits per heavy atom. The van der Waals surface area contributed by atoms with E-state index in [4.69, 9.17) is 4.74 Å². The quantitative estimate of drug-likeness (QED) is 0.831. The molecule has 1 amide bonds. The summed E-state index contributed by atoms with van der Waals surface area (Å²) in [7, 11) is 0. The molecule has 0 radical (unpaired) electrons. The van der Waals surface area contributed by atoms with E-state index in [0.717, 1.165) is 50.3 Å². The molecule has 0 saturated carbocycles. The molecule has 2 saturated heterocycles. The Morgan fingerprint density at radius 2 is 2.08 bits per heavy atom. The number of amides is 1. The van der Waals surface area contributed by atoms with Gasteiger partial charge in [-0.25, -0.2) is 4.98 Å².